The number of nitrogens with one attached hydrogen (secondary N) is 1. The van der Waals surface area contributed by atoms with Gasteiger partial charge in [0.15, 0.2) is 0 Å². The van der Waals surface area contributed by atoms with Gasteiger partial charge in [0.05, 0.1) is 10.7 Å². The largest absolute Gasteiger partial charge is 0.332 e. The summed E-state index contributed by atoms with van der Waals surface area (Å²) < 4.78 is 0. The summed E-state index contributed by atoms with van der Waals surface area (Å²) >= 11 is 11.9. The molecule has 1 N–H and O–H groups in total. The summed E-state index contributed by atoms with van der Waals surface area (Å²) in [4.78, 5) is 28.4. The molecule has 1 aliphatic rings. The van der Waals surface area contributed by atoms with Crippen LogP contribution in [0, 0.1) is 0 Å². The molecule has 3 rings (SSSR count). The highest BCUT2D eigenvalue weighted by atomic mass is 35.5. The number of amides is 2. The molecule has 0 unspecified atom stereocenters. The first kappa shape index (κ1) is 18.7. The van der Waals surface area contributed by atoms with Crippen molar-refractivity contribution in [2.24, 2.45) is 0 Å². The molecular formula is C19H19Cl2N3O2. The number of anilines is 1. The van der Waals surface area contributed by atoms with Crippen molar-refractivity contribution in [2.45, 2.75) is 6.54 Å². The Morgan fingerprint density at radius 2 is 1.65 bits per heavy atom. The Morgan fingerprint density at radius 1 is 0.962 bits per heavy atom. The van der Waals surface area contributed by atoms with Crippen LogP contribution in [0.2, 0.25) is 10.0 Å². The predicted octanol–water partition coefficient (Wildman–Crippen LogP) is 3.28. The Bertz CT molecular complexity index is 791. The molecule has 0 atom stereocenters. The summed E-state index contributed by atoms with van der Waals surface area (Å²) in [5, 5.41) is 3.31. The highest BCUT2D eigenvalue weighted by molar-refractivity contribution is 6.42. The maximum atomic E-state index is 12.4. The SMILES string of the molecule is O=C(Nc1cc(Cl)ccc1Cl)C(=O)N1CCN(Cc2ccccc2)CC1. The van der Waals surface area contributed by atoms with Crippen LogP contribution in [0.1, 0.15) is 5.56 Å². The quantitative estimate of drug-likeness (QED) is 0.816. The smallest absolute Gasteiger partial charge is 0.313 e. The molecule has 0 bridgehead atoms. The zero-order valence-corrected chi connectivity index (χ0v) is 15.6. The molecule has 0 aliphatic carbocycles. The monoisotopic (exact) mass is 391 g/mol. The molecule has 1 saturated heterocycles. The molecule has 7 heteroatoms. The molecule has 2 aromatic rings. The minimum Gasteiger partial charge on any atom is -0.332 e. The van der Waals surface area contributed by atoms with Crippen molar-refractivity contribution in [3.05, 3.63) is 64.1 Å². The van der Waals surface area contributed by atoms with Gasteiger partial charge in [0, 0.05) is 37.7 Å². The molecule has 0 saturated carbocycles. The fourth-order valence-corrected chi connectivity index (χ4v) is 3.20. The number of benzene rings is 2. The van der Waals surface area contributed by atoms with Gasteiger partial charge in [-0.05, 0) is 23.8 Å². The Balaban J connectivity index is 1.53. The first-order chi connectivity index (χ1) is 12.5. The highest BCUT2D eigenvalue weighted by Crippen LogP contribution is 2.25. The summed E-state index contributed by atoms with van der Waals surface area (Å²) in [7, 11) is 0. The van der Waals surface area contributed by atoms with Gasteiger partial charge in [-0.1, -0.05) is 53.5 Å². The molecule has 0 spiro atoms. The number of nitrogens with zero attached hydrogens (tertiary/aromatic N) is 2. The number of carbonyl (C=O) groups excluding carboxylic acids is 2. The van der Waals surface area contributed by atoms with Gasteiger partial charge in [-0.2, -0.15) is 0 Å². The Labute approximate surface area is 162 Å². The minimum atomic E-state index is -0.703. The lowest BCUT2D eigenvalue weighted by molar-refractivity contribution is -0.144. The van der Waals surface area contributed by atoms with E-state index in [0.29, 0.717) is 28.8 Å². The zero-order chi connectivity index (χ0) is 18.5. The van der Waals surface area contributed by atoms with E-state index in [9.17, 15) is 9.59 Å². The summed E-state index contributed by atoms with van der Waals surface area (Å²) in [5.74, 6) is -1.26. The molecule has 1 heterocycles. The van der Waals surface area contributed by atoms with E-state index in [4.69, 9.17) is 23.2 Å². The van der Waals surface area contributed by atoms with Crippen LogP contribution in [-0.2, 0) is 16.1 Å². The van der Waals surface area contributed by atoms with Crippen LogP contribution in [0.5, 0.6) is 0 Å². The van der Waals surface area contributed by atoms with Crippen molar-refractivity contribution in [2.75, 3.05) is 31.5 Å². The van der Waals surface area contributed by atoms with E-state index in [0.717, 1.165) is 19.6 Å². The van der Waals surface area contributed by atoms with E-state index in [-0.39, 0.29) is 0 Å². The van der Waals surface area contributed by atoms with E-state index in [1.807, 2.05) is 18.2 Å². The molecule has 136 valence electrons. The number of carbonyl (C=O) groups is 2. The summed E-state index contributed by atoms with van der Waals surface area (Å²) in [5.41, 5.74) is 1.57. The van der Waals surface area contributed by atoms with Crippen molar-refractivity contribution in [3.8, 4) is 0 Å². The van der Waals surface area contributed by atoms with E-state index in [1.165, 1.54) is 11.6 Å². The third-order valence-electron chi connectivity index (χ3n) is 4.28. The van der Waals surface area contributed by atoms with Crippen LogP contribution in [0.3, 0.4) is 0 Å². The van der Waals surface area contributed by atoms with Crippen molar-refractivity contribution < 1.29 is 9.59 Å². The van der Waals surface area contributed by atoms with Gasteiger partial charge in [0.1, 0.15) is 0 Å². The van der Waals surface area contributed by atoms with Crippen molar-refractivity contribution in [1.29, 1.82) is 0 Å². The lowest BCUT2D eigenvalue weighted by Crippen LogP contribution is -2.51. The normalized spacial score (nSPS) is 14.9. The summed E-state index contributed by atoms with van der Waals surface area (Å²) in [6.07, 6.45) is 0. The first-order valence-electron chi connectivity index (χ1n) is 8.34. The van der Waals surface area contributed by atoms with Crippen LogP contribution < -0.4 is 5.32 Å². The van der Waals surface area contributed by atoms with Gasteiger partial charge in [-0.25, -0.2) is 0 Å². The van der Waals surface area contributed by atoms with Crippen LogP contribution in [-0.4, -0.2) is 47.8 Å². The fraction of sp³-hybridized carbons (Fsp3) is 0.263. The van der Waals surface area contributed by atoms with E-state index >= 15 is 0 Å². The van der Waals surface area contributed by atoms with Crippen LogP contribution in [0.4, 0.5) is 5.69 Å². The minimum absolute atomic E-state index is 0.334. The Kier molecular flexibility index (Phi) is 6.14. The van der Waals surface area contributed by atoms with Gasteiger partial charge in [0.25, 0.3) is 0 Å². The summed E-state index contributed by atoms with van der Waals surface area (Å²) in [6, 6.07) is 14.9. The molecule has 0 radical (unpaired) electrons. The molecule has 2 aromatic carbocycles. The number of piperazine rings is 1. The third kappa shape index (κ3) is 4.75. The van der Waals surface area contributed by atoms with Crippen LogP contribution >= 0.6 is 23.2 Å². The molecule has 1 aliphatic heterocycles. The lowest BCUT2D eigenvalue weighted by Gasteiger charge is -2.34. The number of hydrogen-bond donors (Lipinski definition) is 1. The van der Waals surface area contributed by atoms with Gasteiger partial charge in [0.2, 0.25) is 0 Å². The van der Waals surface area contributed by atoms with Crippen molar-refractivity contribution in [1.82, 2.24) is 9.80 Å². The van der Waals surface area contributed by atoms with E-state index < -0.39 is 11.8 Å². The standard InChI is InChI=1S/C19H19Cl2N3O2/c20-15-6-7-16(21)17(12-15)22-18(25)19(26)24-10-8-23(9-11-24)13-14-4-2-1-3-5-14/h1-7,12H,8-11,13H2,(H,22,25). The fourth-order valence-electron chi connectivity index (χ4n) is 2.86. The average Bonchev–Trinajstić information content (AvgIpc) is 2.65. The lowest BCUT2D eigenvalue weighted by atomic mass is 10.2. The topological polar surface area (TPSA) is 52.7 Å². The number of hydrogen-bond acceptors (Lipinski definition) is 3. The van der Waals surface area contributed by atoms with Gasteiger partial charge < -0.3 is 10.2 Å². The number of rotatable bonds is 3. The number of halogens is 2. The van der Waals surface area contributed by atoms with Crippen molar-refractivity contribution in [3.63, 3.8) is 0 Å². The average molecular weight is 392 g/mol. The predicted molar refractivity (Wildman–Crippen MR) is 103 cm³/mol. The second-order valence-electron chi connectivity index (χ2n) is 6.13. The van der Waals surface area contributed by atoms with Crippen LogP contribution in [0.15, 0.2) is 48.5 Å². The van der Waals surface area contributed by atoms with Crippen molar-refractivity contribution >= 4 is 40.7 Å². The maximum Gasteiger partial charge on any atom is 0.313 e. The zero-order valence-electron chi connectivity index (χ0n) is 14.1. The van der Waals surface area contributed by atoms with Gasteiger partial charge in [-0.15, -0.1) is 0 Å². The van der Waals surface area contributed by atoms with E-state index in [2.05, 4.69) is 22.3 Å². The van der Waals surface area contributed by atoms with Crippen LogP contribution in [0.25, 0.3) is 0 Å². The van der Waals surface area contributed by atoms with E-state index in [1.54, 1.807) is 17.0 Å². The molecular weight excluding hydrogens is 373 g/mol. The summed E-state index contributed by atoms with van der Waals surface area (Å²) in [6.45, 7) is 3.33. The molecule has 2 amide bonds. The maximum absolute atomic E-state index is 12.4. The molecule has 1 fully saturated rings. The van der Waals surface area contributed by atoms with Gasteiger partial charge >= 0.3 is 11.8 Å². The second kappa shape index (κ2) is 8.54. The second-order valence-corrected chi connectivity index (χ2v) is 6.98. The third-order valence-corrected chi connectivity index (χ3v) is 4.84. The Hall–Kier alpha value is -2.08. The highest BCUT2D eigenvalue weighted by Gasteiger charge is 2.26. The molecule has 0 aromatic heterocycles. The molecule has 26 heavy (non-hydrogen) atoms. The van der Waals surface area contributed by atoms with Gasteiger partial charge in [-0.3, -0.25) is 14.5 Å². The Morgan fingerprint density at radius 3 is 2.35 bits per heavy atom. The first-order valence-corrected chi connectivity index (χ1v) is 9.10. The molecule has 5 nitrogen and oxygen atoms in total.